The lowest BCUT2D eigenvalue weighted by atomic mass is 10.1. The van der Waals surface area contributed by atoms with Gasteiger partial charge in [0.05, 0.1) is 11.1 Å². The molecule has 4 heteroatoms. The van der Waals surface area contributed by atoms with E-state index >= 15 is 0 Å². The van der Waals surface area contributed by atoms with E-state index in [9.17, 15) is 13.6 Å². The van der Waals surface area contributed by atoms with Crippen molar-refractivity contribution in [3.05, 3.63) is 77.5 Å². The molecule has 0 aliphatic heterocycles. The van der Waals surface area contributed by atoms with Gasteiger partial charge in [-0.05, 0) is 30.3 Å². The minimum atomic E-state index is -0.758. The molecule has 1 aromatic heterocycles. The van der Waals surface area contributed by atoms with E-state index in [4.69, 9.17) is 0 Å². The first-order chi connectivity index (χ1) is 9.65. The third-order valence-corrected chi connectivity index (χ3v) is 3.00. The van der Waals surface area contributed by atoms with Crippen LogP contribution in [0.3, 0.4) is 0 Å². The van der Waals surface area contributed by atoms with Crippen LogP contribution < -0.4 is 0 Å². The Bertz CT molecular complexity index is 814. The van der Waals surface area contributed by atoms with Crippen LogP contribution in [0.5, 0.6) is 0 Å². The Morgan fingerprint density at radius 3 is 2.60 bits per heavy atom. The number of hydrogen-bond acceptors (Lipinski definition) is 2. The molecule has 1 heterocycles. The molecule has 2 nitrogen and oxygen atoms in total. The minimum absolute atomic E-state index is 0.0909. The second-order valence-electron chi connectivity index (χ2n) is 4.34. The first kappa shape index (κ1) is 12.4. The predicted octanol–water partition coefficient (Wildman–Crippen LogP) is 3.74. The summed E-state index contributed by atoms with van der Waals surface area (Å²) in [5.74, 6) is -2.05. The Labute approximate surface area is 113 Å². The van der Waals surface area contributed by atoms with Gasteiger partial charge in [0.2, 0.25) is 5.78 Å². The number of aromatic nitrogens is 1. The van der Waals surface area contributed by atoms with Gasteiger partial charge in [0, 0.05) is 5.39 Å². The van der Waals surface area contributed by atoms with Crippen LogP contribution in [0.15, 0.2) is 54.6 Å². The average molecular weight is 269 g/mol. The van der Waals surface area contributed by atoms with E-state index in [1.165, 1.54) is 6.07 Å². The van der Waals surface area contributed by atoms with Gasteiger partial charge in [-0.3, -0.25) is 4.79 Å². The molecule has 98 valence electrons. The fourth-order valence-corrected chi connectivity index (χ4v) is 2.00. The van der Waals surface area contributed by atoms with E-state index in [0.29, 0.717) is 5.52 Å². The maximum Gasteiger partial charge on any atom is 0.214 e. The first-order valence-electron chi connectivity index (χ1n) is 6.01. The number of carbonyl (C=O) groups excluding carboxylic acids is 1. The van der Waals surface area contributed by atoms with Crippen LogP contribution in [-0.4, -0.2) is 10.8 Å². The van der Waals surface area contributed by atoms with Gasteiger partial charge in [-0.15, -0.1) is 0 Å². The Kier molecular flexibility index (Phi) is 2.99. The molecule has 3 rings (SSSR count). The number of rotatable bonds is 2. The van der Waals surface area contributed by atoms with Gasteiger partial charge in [-0.1, -0.05) is 24.3 Å². The predicted molar refractivity (Wildman–Crippen MR) is 71.5 cm³/mol. The molecule has 0 saturated carbocycles. The molecule has 20 heavy (non-hydrogen) atoms. The van der Waals surface area contributed by atoms with E-state index < -0.39 is 17.4 Å². The summed E-state index contributed by atoms with van der Waals surface area (Å²) >= 11 is 0. The highest BCUT2D eigenvalue weighted by atomic mass is 19.1. The second-order valence-corrected chi connectivity index (χ2v) is 4.34. The quantitative estimate of drug-likeness (QED) is 0.663. The number of carbonyl (C=O) groups is 1. The zero-order chi connectivity index (χ0) is 14.1. The van der Waals surface area contributed by atoms with Crippen molar-refractivity contribution >= 4 is 16.7 Å². The van der Waals surface area contributed by atoms with E-state index in [-0.39, 0.29) is 11.3 Å². The van der Waals surface area contributed by atoms with Crippen LogP contribution in [-0.2, 0) is 0 Å². The lowest BCUT2D eigenvalue weighted by Gasteiger charge is -2.04. The highest BCUT2D eigenvalue weighted by Gasteiger charge is 2.16. The van der Waals surface area contributed by atoms with Crippen LogP contribution in [0.4, 0.5) is 8.78 Å². The van der Waals surface area contributed by atoms with E-state index in [2.05, 4.69) is 4.98 Å². The summed E-state index contributed by atoms with van der Waals surface area (Å²) in [5, 5.41) is 0.878. The van der Waals surface area contributed by atoms with Crippen molar-refractivity contribution in [1.29, 1.82) is 0 Å². The van der Waals surface area contributed by atoms with Crippen molar-refractivity contribution in [2.24, 2.45) is 0 Å². The maximum atomic E-state index is 13.6. The molecule has 0 atom stereocenters. The molecule has 0 bridgehead atoms. The van der Waals surface area contributed by atoms with Crippen LogP contribution in [0.25, 0.3) is 10.9 Å². The molecule has 0 saturated heterocycles. The standard InChI is InChI=1S/C16H9F2NO/c17-11-6-7-13(18)12(9-11)16(20)15-8-5-10-3-1-2-4-14(10)19-15/h1-9H. The summed E-state index contributed by atoms with van der Waals surface area (Å²) < 4.78 is 26.7. The zero-order valence-corrected chi connectivity index (χ0v) is 10.3. The SMILES string of the molecule is O=C(c1ccc2ccccc2n1)c1cc(F)ccc1F. The number of fused-ring (bicyclic) bond motifs is 1. The smallest absolute Gasteiger partial charge is 0.214 e. The van der Waals surface area contributed by atoms with Gasteiger partial charge in [-0.25, -0.2) is 13.8 Å². The molecule has 0 aliphatic carbocycles. The lowest BCUT2D eigenvalue weighted by molar-refractivity contribution is 0.103. The number of hydrogen-bond donors (Lipinski definition) is 0. The topological polar surface area (TPSA) is 30.0 Å². The molecule has 0 spiro atoms. The van der Waals surface area contributed by atoms with Crippen molar-refractivity contribution in [3.63, 3.8) is 0 Å². The number of pyridine rings is 1. The third kappa shape index (κ3) is 2.16. The van der Waals surface area contributed by atoms with Gasteiger partial charge >= 0.3 is 0 Å². The second kappa shape index (κ2) is 4.81. The minimum Gasteiger partial charge on any atom is -0.287 e. The number of benzene rings is 2. The first-order valence-corrected chi connectivity index (χ1v) is 6.01. The molecule has 0 radical (unpaired) electrons. The largest absolute Gasteiger partial charge is 0.287 e. The Morgan fingerprint density at radius 2 is 1.75 bits per heavy atom. The molecule has 0 unspecified atom stereocenters. The highest BCUT2D eigenvalue weighted by Crippen LogP contribution is 2.17. The number of halogens is 2. The molecular weight excluding hydrogens is 260 g/mol. The monoisotopic (exact) mass is 269 g/mol. The van der Waals surface area contributed by atoms with Crippen LogP contribution in [0.2, 0.25) is 0 Å². The fourth-order valence-electron chi connectivity index (χ4n) is 2.00. The summed E-state index contributed by atoms with van der Waals surface area (Å²) in [7, 11) is 0. The van der Waals surface area contributed by atoms with Gasteiger partial charge in [0.15, 0.2) is 0 Å². The molecular formula is C16H9F2NO. The van der Waals surface area contributed by atoms with Crippen molar-refractivity contribution in [3.8, 4) is 0 Å². The molecule has 2 aromatic carbocycles. The molecule has 3 aromatic rings. The van der Waals surface area contributed by atoms with Gasteiger partial charge < -0.3 is 0 Å². The summed E-state index contributed by atoms with van der Waals surface area (Å²) in [6.07, 6.45) is 0. The number of ketones is 1. The number of para-hydroxylation sites is 1. The van der Waals surface area contributed by atoms with Crippen molar-refractivity contribution < 1.29 is 13.6 Å². The summed E-state index contributed by atoms with van der Waals surface area (Å²) in [4.78, 5) is 16.4. The van der Waals surface area contributed by atoms with Crippen molar-refractivity contribution in [2.45, 2.75) is 0 Å². The normalized spacial score (nSPS) is 10.7. The van der Waals surface area contributed by atoms with Crippen LogP contribution in [0.1, 0.15) is 16.1 Å². The Hall–Kier alpha value is -2.62. The highest BCUT2D eigenvalue weighted by molar-refractivity contribution is 6.08. The molecule has 0 fully saturated rings. The average Bonchev–Trinajstić information content (AvgIpc) is 2.48. The summed E-state index contributed by atoms with van der Waals surface area (Å²) in [6, 6.07) is 13.3. The van der Waals surface area contributed by atoms with Gasteiger partial charge in [-0.2, -0.15) is 0 Å². The van der Waals surface area contributed by atoms with Crippen LogP contribution in [0, 0.1) is 11.6 Å². The van der Waals surface area contributed by atoms with E-state index in [0.717, 1.165) is 23.6 Å². The molecule has 0 N–H and O–H groups in total. The van der Waals surface area contributed by atoms with E-state index in [1.54, 1.807) is 18.2 Å². The zero-order valence-electron chi connectivity index (χ0n) is 10.3. The van der Waals surface area contributed by atoms with Gasteiger partial charge in [0.1, 0.15) is 17.3 Å². The fraction of sp³-hybridized carbons (Fsp3) is 0. The third-order valence-electron chi connectivity index (χ3n) is 3.00. The van der Waals surface area contributed by atoms with Crippen molar-refractivity contribution in [2.75, 3.05) is 0 Å². The van der Waals surface area contributed by atoms with Crippen molar-refractivity contribution in [1.82, 2.24) is 4.98 Å². The Balaban J connectivity index is 2.10. The summed E-state index contributed by atoms with van der Waals surface area (Å²) in [6.45, 7) is 0. The van der Waals surface area contributed by atoms with E-state index in [1.807, 2.05) is 12.1 Å². The maximum absolute atomic E-state index is 13.6. The lowest BCUT2D eigenvalue weighted by Crippen LogP contribution is -2.07. The number of nitrogens with zero attached hydrogens (tertiary/aromatic N) is 1. The molecule has 0 amide bonds. The molecule has 0 aliphatic rings. The Morgan fingerprint density at radius 1 is 0.950 bits per heavy atom. The van der Waals surface area contributed by atoms with Gasteiger partial charge in [0.25, 0.3) is 0 Å². The van der Waals surface area contributed by atoms with Crippen LogP contribution >= 0.6 is 0 Å². The summed E-state index contributed by atoms with van der Waals surface area (Å²) in [5.41, 5.74) is 0.413.